The number of aryl methyl sites for hydroxylation is 1. The molecule has 0 spiro atoms. The molecule has 0 aromatic heterocycles. The zero-order valence-corrected chi connectivity index (χ0v) is 13.0. The molecule has 1 fully saturated rings. The summed E-state index contributed by atoms with van der Waals surface area (Å²) in [5.74, 6) is 2.56. The Hall–Kier alpha value is -1.16. The molecule has 3 nitrogen and oxygen atoms in total. The lowest BCUT2D eigenvalue weighted by Crippen LogP contribution is -2.41. The van der Waals surface area contributed by atoms with Crippen molar-refractivity contribution in [3.63, 3.8) is 0 Å². The van der Waals surface area contributed by atoms with E-state index in [9.17, 15) is 4.79 Å². The fourth-order valence-corrected chi connectivity index (χ4v) is 4.45. The zero-order valence-electron chi connectivity index (χ0n) is 12.2. The van der Waals surface area contributed by atoms with E-state index in [0.717, 1.165) is 12.1 Å². The number of fused-ring (bicyclic) bond motifs is 1. The Balaban J connectivity index is 1.76. The summed E-state index contributed by atoms with van der Waals surface area (Å²) in [5.41, 5.74) is 3.75. The van der Waals surface area contributed by atoms with Gasteiger partial charge in [0.15, 0.2) is 0 Å². The van der Waals surface area contributed by atoms with Gasteiger partial charge in [-0.05, 0) is 47.8 Å². The number of carbonyl (C=O) groups is 1. The lowest BCUT2D eigenvalue weighted by atomic mass is 9.82. The van der Waals surface area contributed by atoms with Crippen molar-refractivity contribution in [1.82, 2.24) is 0 Å². The normalized spacial score (nSPS) is 24.7. The Morgan fingerprint density at radius 1 is 1.35 bits per heavy atom. The Bertz CT molecular complexity index is 527. The molecule has 2 N–H and O–H groups in total. The molecule has 0 bridgehead atoms. The number of amides is 1. The highest BCUT2D eigenvalue weighted by Gasteiger charge is 2.32. The Labute approximate surface area is 124 Å². The summed E-state index contributed by atoms with van der Waals surface area (Å²) in [7, 11) is 0. The second-order valence-corrected chi connectivity index (χ2v) is 7.58. The van der Waals surface area contributed by atoms with Crippen LogP contribution in [0.15, 0.2) is 18.2 Å². The number of rotatable bonds is 2. The molecular weight excluding hydrogens is 268 g/mol. The molecule has 108 valence electrons. The van der Waals surface area contributed by atoms with Crippen molar-refractivity contribution in [3.8, 4) is 0 Å². The van der Waals surface area contributed by atoms with Crippen molar-refractivity contribution in [2.75, 3.05) is 22.1 Å². The van der Waals surface area contributed by atoms with Gasteiger partial charge >= 0.3 is 0 Å². The number of benzene rings is 1. The van der Waals surface area contributed by atoms with Gasteiger partial charge in [0.05, 0.1) is 0 Å². The van der Waals surface area contributed by atoms with E-state index in [4.69, 9.17) is 0 Å². The second-order valence-electron chi connectivity index (χ2n) is 6.43. The summed E-state index contributed by atoms with van der Waals surface area (Å²) in [6.45, 7) is 4.70. The smallest absolute Gasteiger partial charge is 0.224 e. The molecule has 20 heavy (non-hydrogen) atoms. The summed E-state index contributed by atoms with van der Waals surface area (Å²) in [6, 6.07) is 6.82. The van der Waals surface area contributed by atoms with Crippen molar-refractivity contribution in [3.05, 3.63) is 23.8 Å². The van der Waals surface area contributed by atoms with Gasteiger partial charge in [-0.15, -0.1) is 0 Å². The number of carbonyl (C=O) groups excluding carboxylic acids is 1. The fraction of sp³-hybridized carbons (Fsp3) is 0.562. The molecule has 0 saturated carbocycles. The fourth-order valence-electron chi connectivity index (χ4n) is 2.85. The molecule has 1 amide bonds. The van der Waals surface area contributed by atoms with Crippen LogP contribution in [0.1, 0.15) is 32.3 Å². The highest BCUT2D eigenvalue weighted by atomic mass is 32.2. The van der Waals surface area contributed by atoms with Crippen LogP contribution in [-0.4, -0.2) is 23.5 Å². The van der Waals surface area contributed by atoms with E-state index in [1.165, 1.54) is 29.2 Å². The van der Waals surface area contributed by atoms with Crippen LogP contribution in [-0.2, 0) is 11.2 Å². The van der Waals surface area contributed by atoms with Crippen molar-refractivity contribution < 1.29 is 4.79 Å². The van der Waals surface area contributed by atoms with Crippen LogP contribution in [0.25, 0.3) is 0 Å². The van der Waals surface area contributed by atoms with E-state index >= 15 is 0 Å². The second kappa shape index (κ2) is 5.32. The first-order chi connectivity index (χ1) is 9.54. The third-order valence-electron chi connectivity index (χ3n) is 4.46. The lowest BCUT2D eigenvalue weighted by molar-refractivity contribution is -0.116. The third kappa shape index (κ3) is 2.80. The minimum Gasteiger partial charge on any atom is -0.381 e. The molecule has 2 heterocycles. The van der Waals surface area contributed by atoms with Gasteiger partial charge in [0, 0.05) is 29.6 Å². The molecule has 1 aromatic rings. The maximum absolute atomic E-state index is 11.4. The van der Waals surface area contributed by atoms with E-state index in [0.29, 0.717) is 17.9 Å². The number of hydrogen-bond donors (Lipinski definition) is 2. The van der Waals surface area contributed by atoms with E-state index in [-0.39, 0.29) is 5.91 Å². The maximum Gasteiger partial charge on any atom is 0.224 e. The van der Waals surface area contributed by atoms with E-state index < -0.39 is 0 Å². The molecule has 4 heteroatoms. The molecule has 2 aliphatic rings. The topological polar surface area (TPSA) is 41.1 Å². The van der Waals surface area contributed by atoms with Crippen LogP contribution < -0.4 is 10.6 Å². The molecule has 0 aliphatic carbocycles. The summed E-state index contributed by atoms with van der Waals surface area (Å²) in [6.07, 6.45) is 2.71. The summed E-state index contributed by atoms with van der Waals surface area (Å²) < 4.78 is 0. The Kier molecular flexibility index (Phi) is 3.67. The monoisotopic (exact) mass is 290 g/mol. The minimum absolute atomic E-state index is 0.128. The van der Waals surface area contributed by atoms with E-state index in [1.807, 2.05) is 17.8 Å². The number of anilines is 2. The zero-order chi connectivity index (χ0) is 14.2. The van der Waals surface area contributed by atoms with Crippen LogP contribution in [0.4, 0.5) is 11.4 Å². The van der Waals surface area contributed by atoms with Crippen molar-refractivity contribution in [2.24, 2.45) is 5.41 Å². The summed E-state index contributed by atoms with van der Waals surface area (Å²) in [5, 5.41) is 6.64. The molecule has 1 saturated heterocycles. The van der Waals surface area contributed by atoms with Crippen LogP contribution in [0, 0.1) is 5.41 Å². The van der Waals surface area contributed by atoms with Gasteiger partial charge in [-0.3, -0.25) is 4.79 Å². The highest BCUT2D eigenvalue weighted by Crippen LogP contribution is 2.36. The van der Waals surface area contributed by atoms with Gasteiger partial charge in [0.1, 0.15) is 0 Å². The maximum atomic E-state index is 11.4. The number of nitrogens with one attached hydrogen (secondary N) is 2. The van der Waals surface area contributed by atoms with Crippen molar-refractivity contribution in [1.29, 1.82) is 0 Å². The largest absolute Gasteiger partial charge is 0.381 e. The summed E-state index contributed by atoms with van der Waals surface area (Å²) in [4.78, 5) is 11.4. The van der Waals surface area contributed by atoms with Crippen LogP contribution >= 0.6 is 11.8 Å². The quantitative estimate of drug-likeness (QED) is 0.875. The first-order valence-corrected chi connectivity index (χ1v) is 8.47. The molecule has 1 aromatic carbocycles. The van der Waals surface area contributed by atoms with Crippen LogP contribution in [0.3, 0.4) is 0 Å². The highest BCUT2D eigenvalue weighted by molar-refractivity contribution is 7.99. The molecule has 0 radical (unpaired) electrons. The van der Waals surface area contributed by atoms with Gasteiger partial charge < -0.3 is 10.6 Å². The van der Waals surface area contributed by atoms with Gasteiger partial charge in [0.2, 0.25) is 5.91 Å². The van der Waals surface area contributed by atoms with Crippen molar-refractivity contribution in [2.45, 2.75) is 39.2 Å². The predicted molar refractivity (Wildman–Crippen MR) is 86.5 cm³/mol. The number of hydrogen-bond acceptors (Lipinski definition) is 3. The Morgan fingerprint density at radius 3 is 3.00 bits per heavy atom. The van der Waals surface area contributed by atoms with Gasteiger partial charge in [0.25, 0.3) is 0 Å². The van der Waals surface area contributed by atoms with Crippen molar-refractivity contribution >= 4 is 29.0 Å². The minimum atomic E-state index is 0.128. The van der Waals surface area contributed by atoms with Gasteiger partial charge in [-0.1, -0.05) is 13.8 Å². The lowest BCUT2D eigenvalue weighted by Gasteiger charge is -2.39. The van der Waals surface area contributed by atoms with Crippen LogP contribution in [0.2, 0.25) is 0 Å². The molecule has 1 unspecified atom stereocenters. The third-order valence-corrected chi connectivity index (χ3v) is 5.52. The predicted octanol–water partition coefficient (Wildman–Crippen LogP) is 3.51. The Morgan fingerprint density at radius 2 is 2.20 bits per heavy atom. The molecule has 3 rings (SSSR count). The standard InChI is InChI=1S/C16H22N2OS/c1-16(2)7-8-20-10-14(16)17-12-4-5-13-11(9-12)3-6-15(19)18-13/h4-5,9,14,17H,3,6-8,10H2,1-2H3,(H,18,19). The molecule has 2 aliphatic heterocycles. The van der Waals surface area contributed by atoms with Gasteiger partial charge in [-0.2, -0.15) is 11.8 Å². The average Bonchev–Trinajstić information content (AvgIpc) is 2.41. The van der Waals surface area contributed by atoms with Crippen LogP contribution in [0.5, 0.6) is 0 Å². The average molecular weight is 290 g/mol. The van der Waals surface area contributed by atoms with E-state index in [2.05, 4.69) is 36.6 Å². The SMILES string of the molecule is CC1(C)CCSCC1Nc1ccc2c(c1)CCC(=O)N2. The first-order valence-electron chi connectivity index (χ1n) is 7.32. The van der Waals surface area contributed by atoms with E-state index in [1.54, 1.807) is 0 Å². The molecular formula is C16H22N2OS. The molecule has 1 atom stereocenters. The first kappa shape index (κ1) is 13.8. The number of thioether (sulfide) groups is 1. The summed E-state index contributed by atoms with van der Waals surface area (Å²) >= 11 is 2.03. The van der Waals surface area contributed by atoms with Gasteiger partial charge in [-0.25, -0.2) is 0 Å².